The zero-order chi connectivity index (χ0) is 10.7. The van der Waals surface area contributed by atoms with Crippen molar-refractivity contribution in [1.29, 1.82) is 0 Å². The van der Waals surface area contributed by atoms with Crippen LogP contribution in [-0.2, 0) is 11.3 Å². The summed E-state index contributed by atoms with van der Waals surface area (Å²) in [6.07, 6.45) is 3.30. The molecule has 84 valence electrons. The van der Waals surface area contributed by atoms with Crippen molar-refractivity contribution in [1.82, 2.24) is 14.9 Å². The fourth-order valence-corrected chi connectivity index (χ4v) is 1.60. The van der Waals surface area contributed by atoms with Gasteiger partial charge in [0.05, 0.1) is 19.7 Å². The Hall–Kier alpha value is -1.01. The van der Waals surface area contributed by atoms with Gasteiger partial charge < -0.3 is 9.72 Å². The van der Waals surface area contributed by atoms with Gasteiger partial charge in [-0.2, -0.15) is 0 Å². The van der Waals surface area contributed by atoms with Crippen LogP contribution in [0.25, 0.3) is 0 Å². The number of halogens is 2. The summed E-state index contributed by atoms with van der Waals surface area (Å²) in [7, 11) is 0. The number of hydrogen-bond acceptors (Lipinski definition) is 3. The van der Waals surface area contributed by atoms with Gasteiger partial charge in [0, 0.05) is 18.9 Å². The van der Waals surface area contributed by atoms with Gasteiger partial charge in [0.15, 0.2) is 0 Å². The summed E-state index contributed by atoms with van der Waals surface area (Å²) >= 11 is 0. The van der Waals surface area contributed by atoms with Crippen LogP contribution in [0.3, 0.4) is 0 Å². The third-order valence-electron chi connectivity index (χ3n) is 2.25. The second-order valence-electron chi connectivity index (χ2n) is 3.66. The minimum atomic E-state index is -2.76. The van der Waals surface area contributed by atoms with Gasteiger partial charge in [-0.05, 0) is 0 Å². The van der Waals surface area contributed by atoms with Crippen LogP contribution in [-0.4, -0.2) is 47.1 Å². The smallest absolute Gasteiger partial charge is 0.283 e. The molecule has 0 aliphatic carbocycles. The Kier molecular flexibility index (Phi) is 2.97. The van der Waals surface area contributed by atoms with Gasteiger partial charge in [0.25, 0.3) is 5.92 Å². The van der Waals surface area contributed by atoms with E-state index in [9.17, 15) is 8.78 Å². The molecule has 1 N–H and O–H groups in total. The highest BCUT2D eigenvalue weighted by atomic mass is 19.3. The lowest BCUT2D eigenvalue weighted by atomic mass is 10.3. The van der Waals surface area contributed by atoms with Crippen LogP contribution < -0.4 is 0 Å². The number of aromatic amines is 1. The average molecular weight is 217 g/mol. The molecule has 6 heteroatoms. The molecule has 1 aliphatic heterocycles. The van der Waals surface area contributed by atoms with Crippen LogP contribution >= 0.6 is 0 Å². The predicted molar refractivity (Wildman–Crippen MR) is 49.6 cm³/mol. The molecule has 0 unspecified atom stereocenters. The molecule has 0 atom stereocenters. The van der Waals surface area contributed by atoms with Crippen molar-refractivity contribution in [3.8, 4) is 0 Å². The molecule has 1 aromatic rings. The van der Waals surface area contributed by atoms with Crippen molar-refractivity contribution in [3.05, 3.63) is 18.2 Å². The number of H-pyrrole nitrogens is 1. The van der Waals surface area contributed by atoms with Gasteiger partial charge in [-0.1, -0.05) is 0 Å². The number of imidazole rings is 1. The van der Waals surface area contributed by atoms with Crippen molar-refractivity contribution in [2.45, 2.75) is 12.5 Å². The van der Waals surface area contributed by atoms with Crippen molar-refractivity contribution in [3.63, 3.8) is 0 Å². The number of rotatable bonds is 2. The highest BCUT2D eigenvalue weighted by molar-refractivity contribution is 4.88. The standard InChI is InChI=1S/C9H13F2N3O/c10-9(11)6-14(3-4-15-7-9)5-8-12-1-2-13-8/h1-2H,3-7H2,(H,12,13). The third kappa shape index (κ3) is 2.97. The van der Waals surface area contributed by atoms with Crippen LogP contribution in [0, 0.1) is 0 Å². The van der Waals surface area contributed by atoms with E-state index in [0.717, 1.165) is 0 Å². The van der Waals surface area contributed by atoms with Crippen molar-refractivity contribution >= 4 is 0 Å². The van der Waals surface area contributed by atoms with Crippen LogP contribution in [0.1, 0.15) is 5.82 Å². The fraction of sp³-hybridized carbons (Fsp3) is 0.667. The Morgan fingerprint density at radius 1 is 1.60 bits per heavy atom. The maximum absolute atomic E-state index is 13.1. The van der Waals surface area contributed by atoms with Crippen molar-refractivity contribution < 1.29 is 13.5 Å². The normalized spacial score (nSPS) is 22.5. The molecule has 15 heavy (non-hydrogen) atoms. The topological polar surface area (TPSA) is 41.1 Å². The van der Waals surface area contributed by atoms with Gasteiger partial charge in [0.2, 0.25) is 0 Å². The van der Waals surface area contributed by atoms with E-state index in [1.54, 1.807) is 17.3 Å². The molecule has 0 bridgehead atoms. The SMILES string of the molecule is FC1(F)COCCN(Cc2ncc[nH]2)C1. The summed E-state index contributed by atoms with van der Waals surface area (Å²) in [5.74, 6) is -2.06. The first-order valence-corrected chi connectivity index (χ1v) is 4.82. The van der Waals surface area contributed by atoms with E-state index >= 15 is 0 Å². The molecule has 0 spiro atoms. The van der Waals surface area contributed by atoms with E-state index in [-0.39, 0.29) is 6.54 Å². The summed E-state index contributed by atoms with van der Waals surface area (Å²) in [4.78, 5) is 8.54. The van der Waals surface area contributed by atoms with Crippen LogP contribution in [0.4, 0.5) is 8.78 Å². The first kappa shape index (κ1) is 10.5. The molecule has 1 saturated heterocycles. The second kappa shape index (κ2) is 4.24. The molecule has 2 heterocycles. The minimum Gasteiger partial charge on any atom is -0.374 e. The number of nitrogens with one attached hydrogen (secondary N) is 1. The van der Waals surface area contributed by atoms with Gasteiger partial charge in [-0.25, -0.2) is 13.8 Å². The zero-order valence-electron chi connectivity index (χ0n) is 8.25. The molecule has 0 radical (unpaired) electrons. The van der Waals surface area contributed by atoms with E-state index in [4.69, 9.17) is 4.74 Å². The highest BCUT2D eigenvalue weighted by Crippen LogP contribution is 2.19. The summed E-state index contributed by atoms with van der Waals surface area (Å²) in [5.41, 5.74) is 0. The monoisotopic (exact) mass is 217 g/mol. The second-order valence-corrected chi connectivity index (χ2v) is 3.66. The summed E-state index contributed by atoms with van der Waals surface area (Å²) < 4.78 is 31.1. The molecule has 0 aromatic carbocycles. The summed E-state index contributed by atoms with van der Waals surface area (Å²) in [6, 6.07) is 0. The van der Waals surface area contributed by atoms with Crippen LogP contribution in [0.5, 0.6) is 0 Å². The number of hydrogen-bond donors (Lipinski definition) is 1. The molecule has 4 nitrogen and oxygen atoms in total. The summed E-state index contributed by atoms with van der Waals surface area (Å²) in [6.45, 7) is 0.508. The molecule has 1 aromatic heterocycles. The van der Waals surface area contributed by atoms with Gasteiger partial charge in [-0.3, -0.25) is 4.90 Å². The van der Waals surface area contributed by atoms with Crippen LogP contribution in [0.2, 0.25) is 0 Å². The quantitative estimate of drug-likeness (QED) is 0.799. The maximum atomic E-state index is 13.1. The van der Waals surface area contributed by atoms with Gasteiger partial charge in [0.1, 0.15) is 12.4 Å². The Bertz CT molecular complexity index is 302. The fourth-order valence-electron chi connectivity index (χ4n) is 1.60. The van der Waals surface area contributed by atoms with E-state index < -0.39 is 12.5 Å². The molecular weight excluding hydrogens is 204 g/mol. The Morgan fingerprint density at radius 2 is 2.47 bits per heavy atom. The molecule has 1 aliphatic rings. The molecule has 1 fully saturated rings. The van der Waals surface area contributed by atoms with Crippen molar-refractivity contribution in [2.75, 3.05) is 26.3 Å². The Morgan fingerprint density at radius 3 is 3.20 bits per heavy atom. The zero-order valence-corrected chi connectivity index (χ0v) is 8.25. The predicted octanol–water partition coefficient (Wildman–Crippen LogP) is 0.877. The first-order chi connectivity index (χ1) is 7.16. The van der Waals surface area contributed by atoms with Crippen LogP contribution in [0.15, 0.2) is 12.4 Å². The van der Waals surface area contributed by atoms with E-state index in [1.807, 2.05) is 0 Å². The molecule has 0 saturated carbocycles. The largest absolute Gasteiger partial charge is 0.374 e. The van der Waals surface area contributed by atoms with E-state index in [0.29, 0.717) is 25.5 Å². The number of aromatic nitrogens is 2. The third-order valence-corrected chi connectivity index (χ3v) is 2.25. The lowest BCUT2D eigenvalue weighted by molar-refractivity contribution is -0.0691. The molecule has 2 rings (SSSR count). The maximum Gasteiger partial charge on any atom is 0.283 e. The average Bonchev–Trinajstić information content (AvgIpc) is 2.58. The summed E-state index contributed by atoms with van der Waals surface area (Å²) in [5, 5.41) is 0. The first-order valence-electron chi connectivity index (χ1n) is 4.82. The Balaban J connectivity index is 1.96. The lowest BCUT2D eigenvalue weighted by Crippen LogP contribution is -2.37. The molecular formula is C9H13F2N3O. The van der Waals surface area contributed by atoms with Gasteiger partial charge >= 0.3 is 0 Å². The van der Waals surface area contributed by atoms with E-state index in [2.05, 4.69) is 9.97 Å². The number of ether oxygens (including phenoxy) is 1. The minimum absolute atomic E-state index is 0.270. The number of alkyl halides is 2. The van der Waals surface area contributed by atoms with Crippen molar-refractivity contribution in [2.24, 2.45) is 0 Å². The Labute approximate surface area is 86.2 Å². The number of nitrogens with zero attached hydrogens (tertiary/aromatic N) is 2. The lowest BCUT2D eigenvalue weighted by Gasteiger charge is -2.21. The van der Waals surface area contributed by atoms with E-state index in [1.165, 1.54) is 0 Å². The highest BCUT2D eigenvalue weighted by Gasteiger charge is 2.34. The van der Waals surface area contributed by atoms with Gasteiger partial charge in [-0.15, -0.1) is 0 Å². The molecule has 0 amide bonds.